The molecule has 34 heavy (non-hydrogen) atoms. The maximum atomic E-state index is 12.6. The van der Waals surface area contributed by atoms with Crippen molar-refractivity contribution >= 4 is 39.0 Å². The number of unbranched alkanes of at least 4 members (excludes halogenated alkanes) is 1. The van der Waals surface area contributed by atoms with Crippen molar-refractivity contribution < 1.29 is 13.2 Å². The van der Waals surface area contributed by atoms with Crippen LogP contribution in [0.4, 0.5) is 17.2 Å². The highest BCUT2D eigenvalue weighted by atomic mass is 32.2. The lowest BCUT2D eigenvalue weighted by atomic mass is 10.3. The number of likely N-dealkylation sites (N-methyl/N-ethyl adjacent to an activating group) is 1. The smallest absolute Gasteiger partial charge is 0.330 e. The minimum absolute atomic E-state index is 0.00344. The Labute approximate surface area is 196 Å². The number of anilines is 3. The monoisotopic (exact) mass is 491 g/mol. The molecule has 0 unspecified atom stereocenters. The number of H-pyrrole nitrogens is 1. The lowest BCUT2D eigenvalue weighted by Gasteiger charge is -2.21. The van der Waals surface area contributed by atoms with Gasteiger partial charge in [0.1, 0.15) is 17.3 Å². The first-order valence-electron chi connectivity index (χ1n) is 10.9. The Hall–Kier alpha value is -3.61. The number of hydrogen-bond acceptors (Lipinski definition) is 8. The predicted molar refractivity (Wildman–Crippen MR) is 131 cm³/mol. The highest BCUT2D eigenvalue weighted by Gasteiger charge is 2.20. The molecule has 2 heterocycles. The van der Waals surface area contributed by atoms with Crippen LogP contribution in [0, 0.1) is 0 Å². The van der Waals surface area contributed by atoms with Gasteiger partial charge in [-0.05, 0) is 31.0 Å². The number of hydrogen-bond donors (Lipinski definition) is 4. The number of amidine groups is 1. The molecule has 0 radical (unpaired) electrons. The second-order valence-corrected chi connectivity index (χ2v) is 9.65. The Morgan fingerprint density at radius 1 is 1.32 bits per heavy atom. The van der Waals surface area contributed by atoms with Crippen LogP contribution in [-0.2, 0) is 21.4 Å². The summed E-state index contributed by atoms with van der Waals surface area (Å²) in [7, 11) is -2.33. The minimum Gasteiger partial charge on any atom is -0.383 e. The molecular weight excluding hydrogens is 462 g/mol. The van der Waals surface area contributed by atoms with Gasteiger partial charge in [0.2, 0.25) is 5.91 Å². The molecule has 1 aromatic heterocycles. The molecule has 184 valence electrons. The number of aromatic nitrogens is 2. The van der Waals surface area contributed by atoms with Gasteiger partial charge in [-0.1, -0.05) is 19.4 Å². The SMILES string of the molecule is CCCCn1c(N)c(N(C)CC(=O)Nc2cccc(S(=O)(=O)NC3=NCCC3)c2)c(=O)[nH]c1=O. The summed E-state index contributed by atoms with van der Waals surface area (Å²) >= 11 is 0. The van der Waals surface area contributed by atoms with Crippen molar-refractivity contribution in [2.24, 2.45) is 4.99 Å². The number of carbonyl (C=O) groups excluding carboxylic acids is 1. The highest BCUT2D eigenvalue weighted by molar-refractivity contribution is 7.90. The Balaban J connectivity index is 1.73. The predicted octanol–water partition coefficient (Wildman–Crippen LogP) is 0.464. The fourth-order valence-electron chi connectivity index (χ4n) is 3.56. The Kier molecular flexibility index (Phi) is 7.76. The number of nitrogens with two attached hydrogens (primary N) is 1. The molecule has 0 fully saturated rings. The van der Waals surface area contributed by atoms with E-state index >= 15 is 0 Å². The molecule has 0 atom stereocenters. The molecule has 13 heteroatoms. The van der Waals surface area contributed by atoms with Gasteiger partial charge in [-0.25, -0.2) is 13.2 Å². The van der Waals surface area contributed by atoms with Gasteiger partial charge in [-0.15, -0.1) is 0 Å². The summed E-state index contributed by atoms with van der Waals surface area (Å²) in [4.78, 5) is 44.7. The average molecular weight is 492 g/mol. The van der Waals surface area contributed by atoms with Gasteiger partial charge in [0.05, 0.1) is 11.4 Å². The molecular formula is C21H29N7O5S. The van der Waals surface area contributed by atoms with Gasteiger partial charge in [0.25, 0.3) is 15.6 Å². The fourth-order valence-corrected chi connectivity index (χ4v) is 4.69. The van der Waals surface area contributed by atoms with Crippen molar-refractivity contribution in [1.29, 1.82) is 0 Å². The van der Waals surface area contributed by atoms with Crippen molar-refractivity contribution in [2.75, 3.05) is 36.1 Å². The Bertz CT molecular complexity index is 1310. The maximum absolute atomic E-state index is 12.6. The molecule has 1 aliphatic rings. The third kappa shape index (κ3) is 5.84. The van der Waals surface area contributed by atoms with Crippen LogP contribution in [-0.4, -0.2) is 49.8 Å². The first-order chi connectivity index (χ1) is 16.1. The second kappa shape index (κ2) is 10.5. The van der Waals surface area contributed by atoms with E-state index in [4.69, 9.17) is 5.73 Å². The van der Waals surface area contributed by atoms with E-state index in [1.807, 2.05) is 6.92 Å². The zero-order valence-corrected chi connectivity index (χ0v) is 19.9. The number of aromatic amines is 1. The molecule has 1 aromatic carbocycles. The minimum atomic E-state index is -3.83. The molecule has 5 N–H and O–H groups in total. The van der Waals surface area contributed by atoms with E-state index in [0.717, 1.165) is 12.8 Å². The van der Waals surface area contributed by atoms with Crippen LogP contribution < -0.4 is 31.9 Å². The second-order valence-electron chi connectivity index (χ2n) is 7.97. The zero-order valence-electron chi connectivity index (χ0n) is 19.1. The third-order valence-corrected chi connectivity index (χ3v) is 6.65. The number of sulfonamides is 1. The molecule has 0 aliphatic carbocycles. The van der Waals surface area contributed by atoms with Crippen LogP contribution in [0.25, 0.3) is 0 Å². The van der Waals surface area contributed by atoms with Crippen molar-refractivity contribution in [3.8, 4) is 0 Å². The van der Waals surface area contributed by atoms with E-state index in [2.05, 4.69) is 20.0 Å². The molecule has 12 nitrogen and oxygen atoms in total. The number of rotatable bonds is 9. The van der Waals surface area contributed by atoms with Gasteiger partial charge in [-0.3, -0.25) is 28.9 Å². The van der Waals surface area contributed by atoms with E-state index in [-0.39, 0.29) is 28.6 Å². The van der Waals surface area contributed by atoms with Gasteiger partial charge < -0.3 is 16.0 Å². The van der Waals surface area contributed by atoms with Crippen molar-refractivity contribution in [2.45, 2.75) is 44.0 Å². The lowest BCUT2D eigenvalue weighted by molar-refractivity contribution is -0.114. The van der Waals surface area contributed by atoms with Gasteiger partial charge in [0.15, 0.2) is 0 Å². The van der Waals surface area contributed by atoms with Crippen molar-refractivity contribution in [3.05, 3.63) is 45.1 Å². The number of aliphatic imine (C=N–C) groups is 1. The van der Waals surface area contributed by atoms with Crippen LogP contribution >= 0.6 is 0 Å². The number of nitrogens with zero attached hydrogens (tertiary/aromatic N) is 3. The molecule has 0 saturated carbocycles. The van der Waals surface area contributed by atoms with Gasteiger partial charge >= 0.3 is 5.69 Å². The summed E-state index contributed by atoms with van der Waals surface area (Å²) in [5.74, 6) is -0.110. The van der Waals surface area contributed by atoms with E-state index in [9.17, 15) is 22.8 Å². The van der Waals surface area contributed by atoms with Crippen LogP contribution in [0.1, 0.15) is 32.6 Å². The lowest BCUT2D eigenvalue weighted by Crippen LogP contribution is -2.39. The number of nitrogen functional groups attached to an aromatic ring is 1. The van der Waals surface area contributed by atoms with Gasteiger partial charge in [0, 0.05) is 32.2 Å². The standard InChI is InChI=1S/C21H29N7O5S/c1-3-4-11-28-19(22)18(20(30)25-21(28)31)27(2)13-17(29)24-14-7-5-8-15(12-14)34(32,33)26-16-9-6-10-23-16/h5,7-8,12H,3-4,6,9-11,13,22H2,1-2H3,(H,23,26)(H,24,29)(H,25,30,31). The molecule has 0 spiro atoms. The first kappa shape index (κ1) is 25.0. The van der Waals surface area contributed by atoms with Crippen molar-refractivity contribution in [3.63, 3.8) is 0 Å². The Morgan fingerprint density at radius 2 is 2.09 bits per heavy atom. The summed E-state index contributed by atoms with van der Waals surface area (Å²) in [5, 5.41) is 2.62. The average Bonchev–Trinajstić information content (AvgIpc) is 3.25. The summed E-state index contributed by atoms with van der Waals surface area (Å²) in [6, 6.07) is 5.81. The molecule has 0 bridgehead atoms. The number of amides is 1. The van der Waals surface area contributed by atoms with Crippen LogP contribution in [0.2, 0.25) is 0 Å². The molecule has 2 aromatic rings. The quantitative estimate of drug-likeness (QED) is 0.394. The molecule has 3 rings (SSSR count). The summed E-state index contributed by atoms with van der Waals surface area (Å²) in [6.45, 7) is 2.63. The molecule has 1 amide bonds. The van der Waals surface area contributed by atoms with Crippen LogP contribution in [0.5, 0.6) is 0 Å². The molecule has 1 aliphatic heterocycles. The van der Waals surface area contributed by atoms with Crippen LogP contribution in [0.15, 0.2) is 43.7 Å². The van der Waals surface area contributed by atoms with Crippen LogP contribution in [0.3, 0.4) is 0 Å². The van der Waals surface area contributed by atoms with Gasteiger partial charge in [-0.2, -0.15) is 0 Å². The zero-order chi connectivity index (χ0) is 24.9. The van der Waals surface area contributed by atoms with E-state index in [1.54, 1.807) is 6.07 Å². The summed E-state index contributed by atoms with van der Waals surface area (Å²) < 4.78 is 28.9. The largest absolute Gasteiger partial charge is 0.383 e. The van der Waals surface area contributed by atoms with E-state index in [0.29, 0.717) is 31.8 Å². The highest BCUT2D eigenvalue weighted by Crippen LogP contribution is 2.18. The fraction of sp³-hybridized carbons (Fsp3) is 0.429. The van der Waals surface area contributed by atoms with E-state index in [1.165, 1.54) is 34.7 Å². The number of nitrogens with one attached hydrogen (secondary N) is 3. The normalized spacial score (nSPS) is 13.4. The maximum Gasteiger partial charge on any atom is 0.330 e. The number of carbonyl (C=O) groups is 1. The topological polar surface area (TPSA) is 172 Å². The third-order valence-electron chi connectivity index (χ3n) is 5.27. The Morgan fingerprint density at radius 3 is 2.76 bits per heavy atom. The summed E-state index contributed by atoms with van der Waals surface area (Å²) in [6.07, 6.45) is 2.89. The number of benzene rings is 1. The molecule has 0 saturated heterocycles. The summed E-state index contributed by atoms with van der Waals surface area (Å²) in [5.41, 5.74) is 5.05. The van der Waals surface area contributed by atoms with Crippen molar-refractivity contribution in [1.82, 2.24) is 14.3 Å². The first-order valence-corrected chi connectivity index (χ1v) is 12.4. The van der Waals surface area contributed by atoms with E-state index < -0.39 is 27.2 Å².